The van der Waals surface area contributed by atoms with Gasteiger partial charge in [-0.15, -0.1) is 0 Å². The fraction of sp³-hybridized carbons (Fsp3) is 0.0625. The molecule has 20 heavy (non-hydrogen) atoms. The maximum atomic E-state index is 11.2. The van der Waals surface area contributed by atoms with Gasteiger partial charge in [0.25, 0.3) is 0 Å². The third kappa shape index (κ3) is 2.12. The van der Waals surface area contributed by atoms with Crippen molar-refractivity contribution < 1.29 is 9.21 Å². The minimum absolute atomic E-state index is 0.242. The Kier molecular flexibility index (Phi) is 3.13. The molecule has 4 heteroatoms. The van der Waals surface area contributed by atoms with Crippen LogP contribution in [0.1, 0.15) is 16.1 Å². The first-order valence-electron chi connectivity index (χ1n) is 6.22. The Hall–Kier alpha value is -2.75. The smallest absolute Gasteiger partial charge is 0.227 e. The summed E-state index contributed by atoms with van der Waals surface area (Å²) in [6, 6.07) is 11.4. The number of benzene rings is 1. The van der Waals surface area contributed by atoms with Gasteiger partial charge in [-0.3, -0.25) is 9.78 Å². The molecule has 0 N–H and O–H groups in total. The number of aldehydes is 1. The molecule has 0 spiro atoms. The number of pyridine rings is 1. The van der Waals surface area contributed by atoms with Gasteiger partial charge in [0.15, 0.2) is 12.0 Å². The van der Waals surface area contributed by atoms with Crippen LogP contribution in [0.15, 0.2) is 53.2 Å². The van der Waals surface area contributed by atoms with E-state index in [2.05, 4.69) is 9.97 Å². The second-order valence-corrected chi connectivity index (χ2v) is 4.40. The van der Waals surface area contributed by atoms with E-state index in [1.165, 1.54) is 0 Å². The molecular weight excluding hydrogens is 252 g/mol. The summed E-state index contributed by atoms with van der Waals surface area (Å²) in [5.74, 6) is 0.666. The Morgan fingerprint density at radius 2 is 1.85 bits per heavy atom. The summed E-state index contributed by atoms with van der Waals surface area (Å²) in [5, 5.41) is 0. The first-order chi connectivity index (χ1) is 9.79. The molecule has 0 saturated heterocycles. The predicted molar refractivity (Wildman–Crippen MR) is 75.3 cm³/mol. The van der Waals surface area contributed by atoms with Gasteiger partial charge in [-0.25, -0.2) is 4.98 Å². The third-order valence-corrected chi connectivity index (χ3v) is 3.09. The summed E-state index contributed by atoms with van der Waals surface area (Å²) >= 11 is 0. The van der Waals surface area contributed by atoms with Crippen molar-refractivity contribution in [2.45, 2.75) is 6.92 Å². The first-order valence-corrected chi connectivity index (χ1v) is 6.22. The van der Waals surface area contributed by atoms with Crippen molar-refractivity contribution in [3.63, 3.8) is 0 Å². The van der Waals surface area contributed by atoms with Crippen LogP contribution in [0.2, 0.25) is 0 Å². The molecule has 3 aromatic rings. The fourth-order valence-electron chi connectivity index (χ4n) is 2.06. The number of aryl methyl sites for hydroxylation is 1. The highest BCUT2D eigenvalue weighted by Crippen LogP contribution is 2.29. The van der Waals surface area contributed by atoms with Crippen molar-refractivity contribution in [1.82, 2.24) is 9.97 Å². The molecule has 0 aliphatic carbocycles. The van der Waals surface area contributed by atoms with E-state index >= 15 is 0 Å². The maximum absolute atomic E-state index is 11.2. The Balaban J connectivity index is 2.16. The van der Waals surface area contributed by atoms with E-state index in [9.17, 15) is 4.79 Å². The van der Waals surface area contributed by atoms with Gasteiger partial charge < -0.3 is 4.42 Å². The average molecular weight is 264 g/mol. The molecule has 0 aliphatic heterocycles. The van der Waals surface area contributed by atoms with Gasteiger partial charge in [-0.05, 0) is 24.6 Å². The zero-order chi connectivity index (χ0) is 13.9. The summed E-state index contributed by atoms with van der Waals surface area (Å²) in [6.45, 7) is 1.98. The Labute approximate surface area is 116 Å². The van der Waals surface area contributed by atoms with Gasteiger partial charge in [-0.2, -0.15) is 0 Å². The molecule has 2 aromatic heterocycles. The zero-order valence-corrected chi connectivity index (χ0v) is 10.9. The normalized spacial score (nSPS) is 10.4. The third-order valence-electron chi connectivity index (χ3n) is 3.09. The van der Waals surface area contributed by atoms with Crippen LogP contribution in [0.4, 0.5) is 0 Å². The van der Waals surface area contributed by atoms with Crippen LogP contribution >= 0.6 is 0 Å². The molecule has 0 radical (unpaired) electrons. The number of nitrogens with zero attached hydrogens (tertiary/aromatic N) is 2. The number of carbonyl (C=O) groups is 1. The van der Waals surface area contributed by atoms with Crippen molar-refractivity contribution in [1.29, 1.82) is 0 Å². The monoisotopic (exact) mass is 264 g/mol. The van der Waals surface area contributed by atoms with E-state index in [4.69, 9.17) is 4.42 Å². The predicted octanol–water partition coefficient (Wildman–Crippen LogP) is 3.52. The van der Waals surface area contributed by atoms with Gasteiger partial charge in [0.2, 0.25) is 5.89 Å². The number of hydrogen-bond donors (Lipinski definition) is 0. The van der Waals surface area contributed by atoms with Crippen molar-refractivity contribution >= 4 is 6.29 Å². The van der Waals surface area contributed by atoms with Gasteiger partial charge in [0.05, 0.1) is 0 Å². The van der Waals surface area contributed by atoms with E-state index in [1.54, 1.807) is 24.5 Å². The largest absolute Gasteiger partial charge is 0.433 e. The van der Waals surface area contributed by atoms with Gasteiger partial charge in [0, 0.05) is 23.5 Å². The van der Waals surface area contributed by atoms with Gasteiger partial charge >= 0.3 is 0 Å². The number of oxazole rings is 1. The molecule has 0 bridgehead atoms. The quantitative estimate of drug-likeness (QED) is 0.679. The lowest BCUT2D eigenvalue weighted by Crippen LogP contribution is -1.87. The van der Waals surface area contributed by atoms with Crippen LogP contribution < -0.4 is 0 Å². The molecule has 4 nitrogen and oxygen atoms in total. The van der Waals surface area contributed by atoms with E-state index in [0.717, 1.165) is 16.7 Å². The van der Waals surface area contributed by atoms with Crippen LogP contribution in [-0.2, 0) is 0 Å². The number of rotatable bonds is 3. The second-order valence-electron chi connectivity index (χ2n) is 4.40. The molecule has 0 saturated carbocycles. The van der Waals surface area contributed by atoms with Crippen LogP contribution in [0, 0.1) is 6.92 Å². The van der Waals surface area contributed by atoms with Gasteiger partial charge in [-0.1, -0.05) is 24.3 Å². The zero-order valence-electron chi connectivity index (χ0n) is 10.9. The molecule has 3 rings (SSSR count). The minimum atomic E-state index is 0.242. The van der Waals surface area contributed by atoms with Crippen LogP contribution in [-0.4, -0.2) is 16.3 Å². The molecule has 98 valence electrons. The van der Waals surface area contributed by atoms with E-state index < -0.39 is 0 Å². The topological polar surface area (TPSA) is 56.0 Å². The lowest BCUT2D eigenvalue weighted by atomic mass is 10.1. The highest BCUT2D eigenvalue weighted by atomic mass is 16.4. The summed E-state index contributed by atoms with van der Waals surface area (Å²) in [6.07, 6.45) is 4.01. The summed E-state index contributed by atoms with van der Waals surface area (Å²) < 4.78 is 5.55. The Morgan fingerprint density at radius 3 is 2.55 bits per heavy atom. The van der Waals surface area contributed by atoms with Crippen molar-refractivity contribution in [3.8, 4) is 22.7 Å². The molecule has 0 atom stereocenters. The Morgan fingerprint density at radius 1 is 1.10 bits per heavy atom. The summed E-state index contributed by atoms with van der Waals surface area (Å²) in [5.41, 5.74) is 3.32. The molecule has 0 aliphatic rings. The number of carbonyl (C=O) groups excluding carboxylic acids is 1. The molecule has 0 unspecified atom stereocenters. The van der Waals surface area contributed by atoms with E-state index in [-0.39, 0.29) is 5.76 Å². The molecule has 1 aromatic carbocycles. The fourth-order valence-corrected chi connectivity index (χ4v) is 2.06. The second kappa shape index (κ2) is 5.09. The number of hydrogen-bond acceptors (Lipinski definition) is 4. The van der Waals surface area contributed by atoms with E-state index in [1.807, 2.05) is 31.2 Å². The highest BCUT2D eigenvalue weighted by molar-refractivity contribution is 5.84. The lowest BCUT2D eigenvalue weighted by Gasteiger charge is -2.00. The molecule has 0 fully saturated rings. The van der Waals surface area contributed by atoms with E-state index in [0.29, 0.717) is 17.9 Å². The van der Waals surface area contributed by atoms with Gasteiger partial charge in [0.1, 0.15) is 5.69 Å². The van der Waals surface area contributed by atoms with Crippen LogP contribution in [0.3, 0.4) is 0 Å². The lowest BCUT2D eigenvalue weighted by molar-refractivity contribution is 0.110. The first kappa shape index (κ1) is 12.3. The standard InChI is InChI=1S/C16H12N2O2/c1-11-4-2-3-5-13(11)15-14(10-19)20-16(18-15)12-6-8-17-9-7-12/h2-10H,1H3. The summed E-state index contributed by atoms with van der Waals surface area (Å²) in [7, 11) is 0. The van der Waals surface area contributed by atoms with Crippen LogP contribution in [0.25, 0.3) is 22.7 Å². The Bertz CT molecular complexity index is 748. The van der Waals surface area contributed by atoms with Crippen molar-refractivity contribution in [2.75, 3.05) is 0 Å². The maximum Gasteiger partial charge on any atom is 0.227 e. The number of aromatic nitrogens is 2. The highest BCUT2D eigenvalue weighted by Gasteiger charge is 2.16. The molecular formula is C16H12N2O2. The molecule has 2 heterocycles. The SMILES string of the molecule is Cc1ccccc1-c1nc(-c2ccncc2)oc1C=O. The van der Waals surface area contributed by atoms with Crippen LogP contribution in [0.5, 0.6) is 0 Å². The van der Waals surface area contributed by atoms with Crippen molar-refractivity contribution in [2.24, 2.45) is 0 Å². The summed E-state index contributed by atoms with van der Waals surface area (Å²) in [4.78, 5) is 19.6. The van der Waals surface area contributed by atoms with Crippen molar-refractivity contribution in [3.05, 3.63) is 60.1 Å². The molecule has 0 amide bonds. The average Bonchev–Trinajstić information content (AvgIpc) is 2.93. The minimum Gasteiger partial charge on any atom is -0.433 e.